The number of benzene rings is 9. The molecular formula is C68H56N4O. The van der Waals surface area contributed by atoms with Crippen LogP contribution in [-0.2, 0) is 10.8 Å². The zero-order valence-corrected chi connectivity index (χ0v) is 40.7. The molecule has 0 bridgehead atoms. The monoisotopic (exact) mass is 963 g/mol. The van der Waals surface area contributed by atoms with Crippen LogP contribution in [0.2, 0.25) is 0 Å². The second-order valence-corrected chi connectivity index (χ2v) is 19.7. The standard InChI is InChI=1S/C68H56N4O/c1-67(2,3)53-35-36-69-65(42-53)72-61-30-17-16-29-57(61)58-34-33-56(44-64(58)72)73-55-28-20-27-54(43-55)70-45-71(63-32-19-18-31-62(63)70)66-59(40-51(41-60(66)68(4,5)6)48-25-14-9-15-26-48)52-38-49(46-21-10-7-11-22-46)37-50(39-52)47-23-12-8-13-24-47/h7-44H,1-6H3/i7D,8D,9D,10D,11D,12D,13D,14D,15D,21D,22D,23D,24D,25D,26D,37D,38D,39D. The summed E-state index contributed by atoms with van der Waals surface area (Å²) in [5.74, 6) is 1.72. The number of imidazole rings is 1. The first-order valence-corrected chi connectivity index (χ1v) is 23.7. The highest BCUT2D eigenvalue weighted by Gasteiger charge is 2.27. The number of ether oxygens (including phenoxy) is 1. The van der Waals surface area contributed by atoms with Gasteiger partial charge in [-0.2, -0.15) is 0 Å². The highest BCUT2D eigenvalue weighted by molar-refractivity contribution is 6.09. The second-order valence-electron chi connectivity index (χ2n) is 19.7. The Hall–Kier alpha value is -8.80. The molecule has 0 radical (unpaired) electrons. The van der Waals surface area contributed by atoms with E-state index in [-0.39, 0.29) is 27.8 Å². The summed E-state index contributed by atoms with van der Waals surface area (Å²) in [6.07, 6.45) is 5.35. The molecule has 0 atom stereocenters. The van der Waals surface area contributed by atoms with Gasteiger partial charge >= 0.3 is 0 Å². The molecule has 0 spiro atoms. The summed E-state index contributed by atoms with van der Waals surface area (Å²) in [4.78, 5) is 4.84. The van der Waals surface area contributed by atoms with Gasteiger partial charge in [0.05, 0.1) is 58.1 Å². The van der Waals surface area contributed by atoms with Crippen molar-refractivity contribution < 1.29 is 34.0 Å². The lowest BCUT2D eigenvalue weighted by molar-refractivity contribution is -0.572. The van der Waals surface area contributed by atoms with Crippen molar-refractivity contribution in [2.45, 2.75) is 52.4 Å². The normalized spacial score (nSPS) is 15.4. The maximum atomic E-state index is 10.3. The van der Waals surface area contributed by atoms with Gasteiger partial charge in [-0.05, 0) is 139 Å². The first-order valence-electron chi connectivity index (χ1n) is 32.7. The number of aromatic nitrogens is 4. The predicted octanol–water partition coefficient (Wildman–Crippen LogP) is 17.3. The maximum absolute atomic E-state index is 10.3. The number of fused-ring (bicyclic) bond motifs is 4. The number of nitrogens with zero attached hydrogens (tertiary/aromatic N) is 4. The van der Waals surface area contributed by atoms with Gasteiger partial charge in [0.25, 0.3) is 6.33 Å². The number of hydrogen-bond donors (Lipinski definition) is 0. The molecule has 0 unspecified atom stereocenters. The van der Waals surface area contributed by atoms with E-state index in [1.54, 1.807) is 27.3 Å². The van der Waals surface area contributed by atoms with Crippen molar-refractivity contribution in [1.82, 2.24) is 14.1 Å². The first-order chi connectivity index (χ1) is 42.9. The van der Waals surface area contributed by atoms with Crippen LogP contribution in [0.15, 0.2) is 230 Å². The van der Waals surface area contributed by atoms with Gasteiger partial charge in [0, 0.05) is 23.0 Å². The SMILES string of the molecule is [2H]c1c([2H])c([2H])c(-c2cc(-c3c([2H])c(-c4c([2H])c([2H])c([2H])c([2H])c4[2H])c([2H])c(-c4c([2H])c([2H])c([2H])c([2H])c4[2H])c3[2H])c(-[n+]3[c-]n(-c4cccc(Oc5ccc6c7ccccc7n(-c7cc(C(C)(C)C)ccn7)c6c5)c4)c4ccccc43)c(C(C)(C)C)c2)c([2H])c1[2H]. The highest BCUT2D eigenvalue weighted by Crippen LogP contribution is 2.42. The quantitative estimate of drug-likeness (QED) is 0.107. The zero-order chi connectivity index (χ0) is 65.5. The van der Waals surface area contributed by atoms with Crippen molar-refractivity contribution in [3.63, 3.8) is 0 Å². The van der Waals surface area contributed by atoms with Gasteiger partial charge in [0.2, 0.25) is 0 Å². The van der Waals surface area contributed by atoms with Gasteiger partial charge in [-0.1, -0.05) is 187 Å². The largest absolute Gasteiger partial charge is 0.458 e. The molecule has 12 rings (SSSR count). The Balaban J connectivity index is 1.14. The smallest absolute Gasteiger partial charge is 0.269 e. The summed E-state index contributed by atoms with van der Waals surface area (Å²) in [6, 6.07) is 21.9. The summed E-state index contributed by atoms with van der Waals surface area (Å²) < 4.78 is 176. The number of pyridine rings is 1. The van der Waals surface area contributed by atoms with E-state index in [0.717, 1.165) is 33.2 Å². The van der Waals surface area contributed by atoms with Crippen LogP contribution in [0.25, 0.3) is 94.5 Å². The molecule has 5 nitrogen and oxygen atoms in total. The van der Waals surface area contributed by atoms with Crippen LogP contribution in [0.5, 0.6) is 11.5 Å². The Morgan fingerprint density at radius 1 is 0.507 bits per heavy atom. The zero-order valence-electron chi connectivity index (χ0n) is 58.7. The number of rotatable bonds is 9. The van der Waals surface area contributed by atoms with E-state index < -0.39 is 142 Å². The molecule has 5 heteroatoms. The molecule has 0 saturated heterocycles. The second kappa shape index (κ2) is 18.1. The van der Waals surface area contributed by atoms with Gasteiger partial charge in [-0.3, -0.25) is 13.7 Å². The van der Waals surface area contributed by atoms with Gasteiger partial charge in [0.1, 0.15) is 17.3 Å². The van der Waals surface area contributed by atoms with Crippen molar-refractivity contribution in [3.8, 4) is 73.2 Å². The maximum Gasteiger partial charge on any atom is 0.269 e. The topological polar surface area (TPSA) is 35.9 Å². The van der Waals surface area contributed by atoms with E-state index in [1.807, 2.05) is 99.8 Å². The number of para-hydroxylation sites is 3. The van der Waals surface area contributed by atoms with Gasteiger partial charge < -0.3 is 4.74 Å². The molecule has 0 aliphatic carbocycles. The van der Waals surface area contributed by atoms with Crippen LogP contribution < -0.4 is 9.30 Å². The van der Waals surface area contributed by atoms with E-state index >= 15 is 0 Å². The van der Waals surface area contributed by atoms with E-state index in [2.05, 4.69) is 49.9 Å². The molecule has 354 valence electrons. The molecule has 12 aromatic rings. The summed E-state index contributed by atoms with van der Waals surface area (Å²) in [6.45, 7) is 12.0. The Morgan fingerprint density at radius 2 is 1.11 bits per heavy atom. The molecule has 0 N–H and O–H groups in total. The van der Waals surface area contributed by atoms with Crippen molar-refractivity contribution >= 4 is 32.8 Å². The van der Waals surface area contributed by atoms with E-state index in [9.17, 15) is 12.3 Å². The minimum atomic E-state index is -1.01. The Morgan fingerprint density at radius 3 is 1.78 bits per heavy atom. The lowest BCUT2D eigenvalue weighted by atomic mass is 9.80. The molecule has 0 amide bonds. The van der Waals surface area contributed by atoms with E-state index in [1.165, 1.54) is 6.07 Å². The first kappa shape index (κ1) is 29.5. The third-order valence-corrected chi connectivity index (χ3v) is 12.8. The lowest BCUT2D eigenvalue weighted by Gasteiger charge is -2.28. The average molecular weight is 963 g/mol. The fraction of sp³-hybridized carbons (Fsp3) is 0.118. The minimum Gasteiger partial charge on any atom is -0.458 e. The van der Waals surface area contributed by atoms with Crippen LogP contribution in [0, 0.1) is 6.33 Å². The van der Waals surface area contributed by atoms with Crippen LogP contribution in [0.3, 0.4) is 0 Å². The summed E-state index contributed by atoms with van der Waals surface area (Å²) in [5, 5.41) is 2.03. The fourth-order valence-corrected chi connectivity index (χ4v) is 9.29. The van der Waals surface area contributed by atoms with E-state index in [4.69, 9.17) is 22.1 Å². The molecule has 73 heavy (non-hydrogen) atoms. The Labute approximate surface area is 453 Å². The summed E-state index contributed by atoms with van der Waals surface area (Å²) >= 11 is 0. The minimum absolute atomic E-state index is 0.00516. The summed E-state index contributed by atoms with van der Waals surface area (Å²) in [7, 11) is 0. The molecule has 0 saturated carbocycles. The Bertz CT molecular complexity index is 4930. The van der Waals surface area contributed by atoms with Crippen LogP contribution in [0.4, 0.5) is 0 Å². The van der Waals surface area contributed by atoms with Gasteiger partial charge in [-0.15, -0.1) is 0 Å². The lowest BCUT2D eigenvalue weighted by Crippen LogP contribution is -2.34. The van der Waals surface area contributed by atoms with Crippen LogP contribution in [-0.4, -0.2) is 14.1 Å². The van der Waals surface area contributed by atoms with Crippen molar-refractivity contribution in [2.24, 2.45) is 0 Å². The predicted molar refractivity (Wildman–Crippen MR) is 301 cm³/mol. The Kier molecular flexibility index (Phi) is 7.32. The molecule has 3 heterocycles. The van der Waals surface area contributed by atoms with Crippen LogP contribution in [0.1, 0.15) is 77.3 Å². The van der Waals surface area contributed by atoms with Gasteiger partial charge in [0.15, 0.2) is 0 Å². The molecule has 0 aliphatic heterocycles. The number of hydrogen-bond acceptors (Lipinski definition) is 2. The van der Waals surface area contributed by atoms with Gasteiger partial charge in [-0.25, -0.2) is 4.98 Å². The van der Waals surface area contributed by atoms with Crippen LogP contribution >= 0.6 is 0 Å². The summed E-state index contributed by atoms with van der Waals surface area (Å²) in [5.41, 5.74) is 0.521. The van der Waals surface area contributed by atoms with Crippen molar-refractivity contribution in [2.75, 3.05) is 0 Å². The van der Waals surface area contributed by atoms with Crippen molar-refractivity contribution in [1.29, 1.82) is 0 Å². The third kappa shape index (κ3) is 8.57. The molecule has 9 aromatic carbocycles. The molecule has 0 fully saturated rings. The highest BCUT2D eigenvalue weighted by atomic mass is 16.5. The third-order valence-electron chi connectivity index (χ3n) is 12.8. The molecular weight excluding hydrogens is 889 g/mol. The van der Waals surface area contributed by atoms with E-state index in [0.29, 0.717) is 33.8 Å². The average Bonchev–Trinajstić information content (AvgIpc) is 1.60. The van der Waals surface area contributed by atoms with Crippen molar-refractivity contribution in [3.05, 3.63) is 248 Å². The molecule has 3 aromatic heterocycles. The molecule has 0 aliphatic rings. The fourth-order valence-electron chi connectivity index (χ4n) is 9.29.